The molecule has 2 heterocycles. The Morgan fingerprint density at radius 2 is 1.89 bits per heavy atom. The fourth-order valence-corrected chi connectivity index (χ4v) is 3.73. The maximum atomic E-state index is 12.4. The molecule has 0 aliphatic carbocycles. The third-order valence-electron chi connectivity index (χ3n) is 4.77. The van der Waals surface area contributed by atoms with Gasteiger partial charge in [-0.25, -0.2) is 0 Å². The molecular weight excluding hydrogens is 360 g/mol. The predicted octanol–water partition coefficient (Wildman–Crippen LogP) is 2.00. The zero-order chi connectivity index (χ0) is 19.2. The second-order valence-corrected chi connectivity index (χ2v) is 7.63. The molecule has 3 rings (SSSR count). The minimum absolute atomic E-state index is 0.0510. The van der Waals surface area contributed by atoms with Gasteiger partial charge in [-0.05, 0) is 29.6 Å². The summed E-state index contributed by atoms with van der Waals surface area (Å²) in [6, 6.07) is 9.48. The van der Waals surface area contributed by atoms with Gasteiger partial charge < -0.3 is 15.1 Å². The fourth-order valence-electron chi connectivity index (χ4n) is 3.10. The summed E-state index contributed by atoms with van der Waals surface area (Å²) in [5.74, 6) is 0.0648. The second-order valence-electron chi connectivity index (χ2n) is 6.85. The smallest absolute Gasteiger partial charge is 0.254 e. The molecular formula is C20H26N4O2S. The first-order valence-corrected chi connectivity index (χ1v) is 10.1. The van der Waals surface area contributed by atoms with Gasteiger partial charge in [-0.3, -0.25) is 14.5 Å². The lowest BCUT2D eigenvalue weighted by Gasteiger charge is -2.34. The summed E-state index contributed by atoms with van der Waals surface area (Å²) >= 11 is 1.55. The van der Waals surface area contributed by atoms with Crippen molar-refractivity contribution in [3.05, 3.63) is 52.2 Å². The Morgan fingerprint density at radius 3 is 2.56 bits per heavy atom. The molecule has 144 valence electrons. The number of nitrogens with one attached hydrogen (secondary N) is 1. The highest BCUT2D eigenvalue weighted by molar-refractivity contribution is 7.08. The number of piperazine rings is 1. The van der Waals surface area contributed by atoms with Crippen molar-refractivity contribution >= 4 is 28.8 Å². The second kappa shape index (κ2) is 9.01. The average Bonchev–Trinajstić information content (AvgIpc) is 3.23. The third kappa shape index (κ3) is 5.08. The zero-order valence-electron chi connectivity index (χ0n) is 15.9. The van der Waals surface area contributed by atoms with Gasteiger partial charge in [-0.1, -0.05) is 6.07 Å². The summed E-state index contributed by atoms with van der Waals surface area (Å²) in [5, 5.41) is 6.82. The number of nitrogens with zero attached hydrogens (tertiary/aromatic N) is 3. The number of hydrogen-bond acceptors (Lipinski definition) is 5. The van der Waals surface area contributed by atoms with Crippen LogP contribution in [0.2, 0.25) is 0 Å². The Morgan fingerprint density at radius 1 is 1.11 bits per heavy atom. The molecule has 1 aromatic carbocycles. The van der Waals surface area contributed by atoms with Crippen molar-refractivity contribution < 1.29 is 9.59 Å². The summed E-state index contributed by atoms with van der Waals surface area (Å²) < 4.78 is 0. The maximum Gasteiger partial charge on any atom is 0.254 e. The molecule has 1 fully saturated rings. The van der Waals surface area contributed by atoms with Crippen LogP contribution in [0.25, 0.3) is 0 Å². The molecule has 1 aliphatic rings. The maximum absolute atomic E-state index is 12.4. The summed E-state index contributed by atoms with van der Waals surface area (Å²) in [7, 11) is 3.92. The molecule has 0 spiro atoms. The zero-order valence-corrected chi connectivity index (χ0v) is 16.7. The van der Waals surface area contributed by atoms with Crippen molar-refractivity contribution in [2.45, 2.75) is 0 Å². The molecule has 6 nitrogen and oxygen atoms in total. The Hall–Kier alpha value is -2.38. The number of rotatable bonds is 6. The van der Waals surface area contributed by atoms with Gasteiger partial charge in [0.1, 0.15) is 0 Å². The van der Waals surface area contributed by atoms with E-state index < -0.39 is 0 Å². The summed E-state index contributed by atoms with van der Waals surface area (Å²) in [5.41, 5.74) is 2.46. The first kappa shape index (κ1) is 19.4. The Kier molecular flexibility index (Phi) is 6.47. The highest BCUT2D eigenvalue weighted by atomic mass is 32.1. The minimum atomic E-state index is -0.0510. The molecule has 1 saturated heterocycles. The van der Waals surface area contributed by atoms with Crippen molar-refractivity contribution in [1.29, 1.82) is 0 Å². The van der Waals surface area contributed by atoms with Gasteiger partial charge in [0.15, 0.2) is 0 Å². The predicted molar refractivity (Wildman–Crippen MR) is 110 cm³/mol. The van der Waals surface area contributed by atoms with E-state index in [1.165, 1.54) is 0 Å². The van der Waals surface area contributed by atoms with Crippen LogP contribution in [0.1, 0.15) is 20.7 Å². The van der Waals surface area contributed by atoms with Crippen LogP contribution in [-0.2, 0) is 0 Å². The molecule has 1 N–H and O–H groups in total. The lowest BCUT2D eigenvalue weighted by Crippen LogP contribution is -2.50. The van der Waals surface area contributed by atoms with Crippen LogP contribution < -0.4 is 10.2 Å². The molecule has 0 saturated carbocycles. The molecule has 0 unspecified atom stereocenters. The lowest BCUT2D eigenvalue weighted by atomic mass is 10.2. The van der Waals surface area contributed by atoms with Gasteiger partial charge >= 0.3 is 0 Å². The highest BCUT2D eigenvalue weighted by Gasteiger charge is 2.22. The van der Waals surface area contributed by atoms with Crippen molar-refractivity contribution in [2.75, 3.05) is 58.3 Å². The Balaban J connectivity index is 1.41. The molecule has 0 atom stereocenters. The summed E-state index contributed by atoms with van der Waals surface area (Å²) in [4.78, 5) is 30.9. The molecule has 7 heteroatoms. The van der Waals surface area contributed by atoms with Crippen LogP contribution >= 0.6 is 11.3 Å². The monoisotopic (exact) mass is 386 g/mol. The van der Waals surface area contributed by atoms with E-state index in [0.29, 0.717) is 12.1 Å². The van der Waals surface area contributed by atoms with E-state index in [9.17, 15) is 9.59 Å². The highest BCUT2D eigenvalue weighted by Crippen LogP contribution is 2.14. The average molecular weight is 387 g/mol. The van der Waals surface area contributed by atoms with Crippen LogP contribution in [0, 0.1) is 0 Å². The van der Waals surface area contributed by atoms with Crippen LogP contribution in [0.5, 0.6) is 0 Å². The number of benzene rings is 1. The largest absolute Gasteiger partial charge is 0.378 e. The summed E-state index contributed by atoms with van der Waals surface area (Å²) in [6.45, 7) is 4.52. The van der Waals surface area contributed by atoms with Crippen LogP contribution in [0.15, 0.2) is 41.1 Å². The van der Waals surface area contributed by atoms with Gasteiger partial charge in [0, 0.05) is 70.0 Å². The minimum Gasteiger partial charge on any atom is -0.378 e. The van der Waals surface area contributed by atoms with Gasteiger partial charge in [-0.15, -0.1) is 0 Å². The number of carbonyl (C=O) groups is 2. The van der Waals surface area contributed by atoms with Gasteiger partial charge in [0.25, 0.3) is 11.8 Å². The normalized spacial score (nSPS) is 14.8. The van der Waals surface area contributed by atoms with Gasteiger partial charge in [0.2, 0.25) is 0 Å². The van der Waals surface area contributed by atoms with E-state index in [1.54, 1.807) is 11.3 Å². The Labute approximate surface area is 164 Å². The van der Waals surface area contributed by atoms with E-state index in [1.807, 2.05) is 65.0 Å². The topological polar surface area (TPSA) is 55.9 Å². The van der Waals surface area contributed by atoms with Crippen LogP contribution in [0.3, 0.4) is 0 Å². The molecule has 1 aromatic heterocycles. The van der Waals surface area contributed by atoms with Crippen LogP contribution in [0.4, 0.5) is 5.69 Å². The Bertz CT molecular complexity index is 768. The number of anilines is 1. The van der Waals surface area contributed by atoms with E-state index in [2.05, 4.69) is 10.2 Å². The van der Waals surface area contributed by atoms with Gasteiger partial charge in [-0.2, -0.15) is 11.3 Å². The van der Waals surface area contributed by atoms with Gasteiger partial charge in [0.05, 0.1) is 5.56 Å². The van der Waals surface area contributed by atoms with E-state index in [4.69, 9.17) is 0 Å². The first-order valence-electron chi connectivity index (χ1n) is 9.14. The third-order valence-corrected chi connectivity index (χ3v) is 5.45. The van der Waals surface area contributed by atoms with E-state index in [0.717, 1.165) is 44.0 Å². The number of hydrogen-bond donors (Lipinski definition) is 1. The fraction of sp³-hybridized carbons (Fsp3) is 0.400. The van der Waals surface area contributed by atoms with E-state index in [-0.39, 0.29) is 11.8 Å². The molecule has 2 aromatic rings. The molecule has 2 amide bonds. The van der Waals surface area contributed by atoms with Crippen molar-refractivity contribution in [3.63, 3.8) is 0 Å². The number of amides is 2. The standard InChI is InChI=1S/C20H26N4O2S/c1-22(2)18-5-3-4-16(14-18)19(25)21-7-8-23-9-11-24(12-10-23)20(26)17-6-13-27-15-17/h3-6,13-15H,7-12H2,1-2H3,(H,21,25). The van der Waals surface area contributed by atoms with Crippen LogP contribution in [-0.4, -0.2) is 75.0 Å². The SMILES string of the molecule is CN(C)c1cccc(C(=O)NCCN2CCN(C(=O)c3ccsc3)CC2)c1. The number of carbonyl (C=O) groups excluding carboxylic acids is 2. The van der Waals surface area contributed by atoms with Crippen molar-refractivity contribution in [2.24, 2.45) is 0 Å². The van der Waals surface area contributed by atoms with E-state index >= 15 is 0 Å². The quantitative estimate of drug-likeness (QED) is 0.825. The molecule has 1 aliphatic heterocycles. The first-order chi connectivity index (χ1) is 13.0. The molecule has 27 heavy (non-hydrogen) atoms. The molecule has 0 bridgehead atoms. The lowest BCUT2D eigenvalue weighted by molar-refractivity contribution is 0.0638. The number of thiophene rings is 1. The summed E-state index contributed by atoms with van der Waals surface area (Å²) in [6.07, 6.45) is 0. The molecule has 0 radical (unpaired) electrons. The van der Waals surface area contributed by atoms with Crippen molar-refractivity contribution in [1.82, 2.24) is 15.1 Å². The van der Waals surface area contributed by atoms with Crippen molar-refractivity contribution in [3.8, 4) is 0 Å².